The summed E-state index contributed by atoms with van der Waals surface area (Å²) in [6, 6.07) is -1.54. The minimum absolute atomic E-state index is 0.117. The highest BCUT2D eigenvalue weighted by Gasteiger charge is 2.28. The standard InChI is InChI=1S/C44H74NO11P/c1-3-5-7-8-9-10-11-12-13-14-15-16-17-20-24-27-31-35-43(48)56-40(37-54-57(51,52)55-38-41(45)44(49)50)36-53-42(47)34-30-26-23-21-18-19-22-25-29-33-39(46)32-28-6-4-2/h6,9-10,12-13,15-16,22,25,28-29,33,39-41,46H,3-5,7-8,11,14,17-21,23-24,26-27,30-32,34-38,45H2,1-2H3,(H,49,50)(H,51,52)/b10-9-,13-12-,16-15-,25-22+,28-6+,33-29+/t39?,40-,41+/m1/s1. The summed E-state index contributed by atoms with van der Waals surface area (Å²) in [6.45, 7) is 2.49. The van der Waals surface area contributed by atoms with Crippen LogP contribution in [-0.4, -0.2) is 71.1 Å². The fourth-order valence-electron chi connectivity index (χ4n) is 5.16. The largest absolute Gasteiger partial charge is 0.480 e. The lowest BCUT2D eigenvalue weighted by Crippen LogP contribution is -2.34. The second-order valence-electron chi connectivity index (χ2n) is 13.9. The summed E-state index contributed by atoms with van der Waals surface area (Å²) in [5.74, 6) is -2.48. The van der Waals surface area contributed by atoms with Gasteiger partial charge < -0.3 is 30.3 Å². The van der Waals surface area contributed by atoms with E-state index in [4.69, 9.17) is 24.8 Å². The van der Waals surface area contributed by atoms with Crippen LogP contribution in [0, 0.1) is 0 Å². The van der Waals surface area contributed by atoms with Crippen molar-refractivity contribution >= 4 is 25.7 Å². The van der Waals surface area contributed by atoms with Crippen LogP contribution in [-0.2, 0) is 37.5 Å². The van der Waals surface area contributed by atoms with Gasteiger partial charge in [0.25, 0.3) is 0 Å². The van der Waals surface area contributed by atoms with Crippen LogP contribution in [0.4, 0.5) is 0 Å². The highest BCUT2D eigenvalue weighted by molar-refractivity contribution is 7.47. The lowest BCUT2D eigenvalue weighted by Gasteiger charge is -2.20. The van der Waals surface area contributed by atoms with E-state index in [1.54, 1.807) is 6.08 Å². The number of hydrogen-bond acceptors (Lipinski definition) is 10. The van der Waals surface area contributed by atoms with E-state index >= 15 is 0 Å². The number of carbonyl (C=O) groups excluding carboxylic acids is 2. The third-order valence-electron chi connectivity index (χ3n) is 8.52. The lowest BCUT2D eigenvalue weighted by molar-refractivity contribution is -0.161. The zero-order valence-electron chi connectivity index (χ0n) is 34.8. The number of ether oxygens (including phenoxy) is 2. The Morgan fingerprint density at radius 1 is 0.649 bits per heavy atom. The Kier molecular flexibility index (Phi) is 36.3. The van der Waals surface area contributed by atoms with Crippen molar-refractivity contribution in [3.8, 4) is 0 Å². The van der Waals surface area contributed by atoms with Crippen LogP contribution in [0.15, 0.2) is 72.9 Å². The SMILES string of the molecule is CC/C=C/CC(O)/C=C/C=C/CCCCCCCC(=O)OC[C@H](COP(=O)(O)OC[C@H](N)C(=O)O)OC(=O)CCCCCC/C=C\C/C=C\C/C=C\CCCCC. The number of carboxylic acid groups (broad SMARTS) is 1. The summed E-state index contributed by atoms with van der Waals surface area (Å²) in [4.78, 5) is 45.9. The number of unbranched alkanes of at least 4 members (excludes halogenated alkanes) is 12. The first-order chi connectivity index (χ1) is 27.5. The van der Waals surface area contributed by atoms with Crippen LogP contribution in [0.25, 0.3) is 0 Å². The maximum absolute atomic E-state index is 12.6. The van der Waals surface area contributed by atoms with Gasteiger partial charge in [-0.2, -0.15) is 0 Å². The average molecular weight is 824 g/mol. The van der Waals surface area contributed by atoms with Crippen LogP contribution in [0.1, 0.15) is 149 Å². The Hall–Kier alpha value is -3.12. The number of carboxylic acids is 1. The van der Waals surface area contributed by atoms with Gasteiger partial charge in [0.1, 0.15) is 12.6 Å². The van der Waals surface area contributed by atoms with Gasteiger partial charge in [-0.1, -0.05) is 132 Å². The highest BCUT2D eigenvalue weighted by Crippen LogP contribution is 2.43. The first-order valence-electron chi connectivity index (χ1n) is 21.1. The third kappa shape index (κ3) is 38.2. The van der Waals surface area contributed by atoms with Gasteiger partial charge >= 0.3 is 25.7 Å². The van der Waals surface area contributed by atoms with E-state index in [-0.39, 0.29) is 19.4 Å². The molecule has 0 fully saturated rings. The maximum Gasteiger partial charge on any atom is 0.472 e. The molecule has 0 saturated heterocycles. The molecule has 12 nitrogen and oxygen atoms in total. The van der Waals surface area contributed by atoms with E-state index in [2.05, 4.69) is 60.9 Å². The molecule has 2 unspecified atom stereocenters. The van der Waals surface area contributed by atoms with Gasteiger partial charge in [0.15, 0.2) is 6.10 Å². The smallest absolute Gasteiger partial charge is 0.472 e. The molecule has 0 saturated carbocycles. The zero-order valence-corrected chi connectivity index (χ0v) is 35.7. The molecule has 13 heteroatoms. The number of carbonyl (C=O) groups is 3. The zero-order chi connectivity index (χ0) is 42.2. The van der Waals surface area contributed by atoms with Crippen LogP contribution in [0.2, 0.25) is 0 Å². The number of aliphatic carboxylic acids is 1. The van der Waals surface area contributed by atoms with Crippen molar-refractivity contribution in [2.75, 3.05) is 19.8 Å². The summed E-state index contributed by atoms with van der Waals surface area (Å²) in [6.07, 6.45) is 41.5. The van der Waals surface area contributed by atoms with Crippen molar-refractivity contribution < 1.29 is 52.6 Å². The molecule has 0 aromatic carbocycles. The second kappa shape index (κ2) is 38.4. The first kappa shape index (κ1) is 53.9. The summed E-state index contributed by atoms with van der Waals surface area (Å²) >= 11 is 0. The van der Waals surface area contributed by atoms with Crippen LogP contribution >= 0.6 is 7.82 Å². The summed E-state index contributed by atoms with van der Waals surface area (Å²) in [5.41, 5.74) is 5.32. The average Bonchev–Trinajstić information content (AvgIpc) is 3.18. The van der Waals surface area contributed by atoms with E-state index < -0.39 is 57.2 Å². The summed E-state index contributed by atoms with van der Waals surface area (Å²) in [5, 5.41) is 18.7. The molecule has 0 bridgehead atoms. The first-order valence-corrected chi connectivity index (χ1v) is 22.6. The summed E-state index contributed by atoms with van der Waals surface area (Å²) in [7, 11) is -4.74. The molecule has 0 aromatic rings. The van der Waals surface area contributed by atoms with Crippen molar-refractivity contribution in [3.63, 3.8) is 0 Å². The number of phosphoric ester groups is 1. The van der Waals surface area contributed by atoms with Crippen LogP contribution in [0.3, 0.4) is 0 Å². The van der Waals surface area contributed by atoms with E-state index in [9.17, 15) is 28.9 Å². The Morgan fingerprint density at radius 3 is 1.81 bits per heavy atom. The molecule has 57 heavy (non-hydrogen) atoms. The Labute approximate surface area is 343 Å². The molecule has 0 spiro atoms. The topological polar surface area (TPSA) is 192 Å². The fraction of sp³-hybridized carbons (Fsp3) is 0.659. The fourth-order valence-corrected chi connectivity index (χ4v) is 5.94. The molecule has 4 atom stereocenters. The molecule has 0 radical (unpaired) electrons. The number of allylic oxidation sites excluding steroid dienone is 10. The molecule has 326 valence electrons. The molecular formula is C44H74NO11P. The lowest BCUT2D eigenvalue weighted by atomic mass is 10.1. The highest BCUT2D eigenvalue weighted by atomic mass is 31.2. The van der Waals surface area contributed by atoms with Gasteiger partial charge in [-0.05, 0) is 77.0 Å². The Balaban J connectivity index is 4.51. The van der Waals surface area contributed by atoms with E-state index in [1.807, 2.05) is 24.3 Å². The second-order valence-corrected chi connectivity index (χ2v) is 15.4. The number of aliphatic hydroxyl groups is 1. The minimum atomic E-state index is -4.74. The Morgan fingerprint density at radius 2 is 1.19 bits per heavy atom. The van der Waals surface area contributed by atoms with E-state index in [1.165, 1.54) is 19.3 Å². The maximum atomic E-state index is 12.6. The normalized spacial score (nSPS) is 15.0. The third-order valence-corrected chi connectivity index (χ3v) is 9.47. The van der Waals surface area contributed by atoms with Crippen molar-refractivity contribution in [3.05, 3.63) is 72.9 Å². The number of nitrogens with two attached hydrogens (primary N) is 1. The monoisotopic (exact) mass is 823 g/mol. The summed E-state index contributed by atoms with van der Waals surface area (Å²) < 4.78 is 32.6. The van der Waals surface area contributed by atoms with E-state index in [0.717, 1.165) is 83.5 Å². The molecule has 0 amide bonds. The van der Waals surface area contributed by atoms with Crippen LogP contribution < -0.4 is 5.73 Å². The number of esters is 2. The molecule has 0 aliphatic carbocycles. The molecule has 0 aliphatic heterocycles. The van der Waals surface area contributed by atoms with Gasteiger partial charge in [-0.3, -0.25) is 23.4 Å². The minimum Gasteiger partial charge on any atom is -0.480 e. The molecule has 0 rings (SSSR count). The number of hydrogen-bond donors (Lipinski definition) is 4. The van der Waals surface area contributed by atoms with Crippen molar-refractivity contribution in [2.45, 2.75) is 167 Å². The molecule has 0 aromatic heterocycles. The number of rotatable bonds is 38. The van der Waals surface area contributed by atoms with E-state index in [0.29, 0.717) is 19.3 Å². The Bertz CT molecular complexity index is 1260. The van der Waals surface area contributed by atoms with Gasteiger partial charge in [0, 0.05) is 12.8 Å². The van der Waals surface area contributed by atoms with Crippen molar-refractivity contribution in [2.24, 2.45) is 5.73 Å². The van der Waals surface area contributed by atoms with Crippen molar-refractivity contribution in [1.29, 1.82) is 0 Å². The van der Waals surface area contributed by atoms with Crippen molar-refractivity contribution in [1.82, 2.24) is 0 Å². The molecule has 5 N–H and O–H groups in total. The van der Waals surface area contributed by atoms with Gasteiger partial charge in [0.05, 0.1) is 19.3 Å². The predicted octanol–water partition coefficient (Wildman–Crippen LogP) is 9.92. The van der Waals surface area contributed by atoms with Crippen LogP contribution in [0.5, 0.6) is 0 Å². The van der Waals surface area contributed by atoms with Gasteiger partial charge in [0.2, 0.25) is 0 Å². The molecule has 0 aliphatic rings. The number of phosphoric acid groups is 1. The predicted molar refractivity (Wildman–Crippen MR) is 227 cm³/mol. The molecule has 0 heterocycles. The van der Waals surface area contributed by atoms with Gasteiger partial charge in [-0.25, -0.2) is 4.57 Å². The quantitative estimate of drug-likeness (QED) is 0.0152. The number of aliphatic hydroxyl groups excluding tert-OH is 1. The van der Waals surface area contributed by atoms with Gasteiger partial charge in [-0.15, -0.1) is 0 Å². The molecular weight excluding hydrogens is 749 g/mol.